The van der Waals surface area contributed by atoms with E-state index in [0.29, 0.717) is 22.8 Å². The van der Waals surface area contributed by atoms with Gasteiger partial charge in [0.25, 0.3) is 0 Å². The standard InChI is InChI=1S/C19H19F3N4O2/c1-12-17(18(28-3)23-15-9-4-5-10-16(15)27-2)24-25-26(12)14-8-6-7-13(11-14)19(20,21)22/h4-11,18,23H,1-3H3. The number of aromatic nitrogens is 3. The van der Waals surface area contributed by atoms with Crippen LogP contribution in [0.25, 0.3) is 5.69 Å². The van der Waals surface area contributed by atoms with E-state index in [4.69, 9.17) is 9.47 Å². The zero-order chi connectivity index (χ0) is 20.3. The molecule has 6 nitrogen and oxygen atoms in total. The predicted octanol–water partition coefficient (Wildman–Crippen LogP) is 4.36. The molecule has 0 fully saturated rings. The van der Waals surface area contributed by atoms with Crippen LogP contribution in [0, 0.1) is 6.92 Å². The molecule has 0 saturated heterocycles. The fourth-order valence-corrected chi connectivity index (χ4v) is 2.79. The summed E-state index contributed by atoms with van der Waals surface area (Å²) in [5.41, 5.74) is 1.19. The molecule has 1 unspecified atom stereocenters. The van der Waals surface area contributed by atoms with Crippen LogP contribution >= 0.6 is 0 Å². The van der Waals surface area contributed by atoms with E-state index >= 15 is 0 Å². The third-order valence-electron chi connectivity index (χ3n) is 4.23. The number of alkyl halides is 3. The van der Waals surface area contributed by atoms with Gasteiger partial charge in [-0.15, -0.1) is 5.10 Å². The molecule has 0 saturated carbocycles. The smallest absolute Gasteiger partial charge is 0.416 e. The SMILES string of the molecule is COc1ccccc1NC(OC)c1nnn(-c2cccc(C(F)(F)F)c2)c1C. The van der Waals surface area contributed by atoms with Gasteiger partial charge in [0.2, 0.25) is 0 Å². The summed E-state index contributed by atoms with van der Waals surface area (Å²) in [4.78, 5) is 0. The average Bonchev–Trinajstić information content (AvgIpc) is 3.07. The molecule has 1 N–H and O–H groups in total. The van der Waals surface area contributed by atoms with E-state index in [1.165, 1.54) is 23.9 Å². The third kappa shape index (κ3) is 3.94. The number of hydrogen-bond donors (Lipinski definition) is 1. The second-order valence-electron chi connectivity index (χ2n) is 5.98. The zero-order valence-electron chi connectivity index (χ0n) is 15.5. The van der Waals surface area contributed by atoms with Crippen molar-refractivity contribution in [2.24, 2.45) is 0 Å². The maximum Gasteiger partial charge on any atom is 0.416 e. The minimum Gasteiger partial charge on any atom is -0.495 e. The van der Waals surface area contributed by atoms with E-state index < -0.39 is 18.0 Å². The van der Waals surface area contributed by atoms with Crippen molar-refractivity contribution >= 4 is 5.69 Å². The molecule has 148 valence electrons. The Morgan fingerprint density at radius 2 is 1.82 bits per heavy atom. The number of nitrogens with zero attached hydrogens (tertiary/aromatic N) is 3. The molecule has 28 heavy (non-hydrogen) atoms. The van der Waals surface area contributed by atoms with Crippen molar-refractivity contribution in [2.45, 2.75) is 19.3 Å². The molecule has 0 radical (unpaired) electrons. The lowest BCUT2D eigenvalue weighted by Crippen LogP contribution is -2.15. The summed E-state index contributed by atoms with van der Waals surface area (Å²) in [6.07, 6.45) is -5.11. The van der Waals surface area contributed by atoms with Crippen molar-refractivity contribution in [3.63, 3.8) is 0 Å². The highest BCUT2D eigenvalue weighted by molar-refractivity contribution is 5.57. The first-order valence-corrected chi connectivity index (χ1v) is 8.37. The van der Waals surface area contributed by atoms with Gasteiger partial charge in [-0.25, -0.2) is 4.68 Å². The minimum atomic E-state index is -4.44. The number of benzene rings is 2. The highest BCUT2D eigenvalue weighted by Gasteiger charge is 2.31. The summed E-state index contributed by atoms with van der Waals surface area (Å²) in [5, 5.41) is 11.3. The van der Waals surface area contributed by atoms with Crippen LogP contribution in [0.5, 0.6) is 5.75 Å². The van der Waals surface area contributed by atoms with Crippen molar-refractivity contribution < 1.29 is 22.6 Å². The molecular formula is C19H19F3N4O2. The summed E-state index contributed by atoms with van der Waals surface area (Å²) in [7, 11) is 3.05. The predicted molar refractivity (Wildman–Crippen MR) is 97.5 cm³/mol. The van der Waals surface area contributed by atoms with Crippen LogP contribution in [0.2, 0.25) is 0 Å². The molecule has 0 amide bonds. The highest BCUT2D eigenvalue weighted by Crippen LogP contribution is 2.32. The molecule has 1 atom stereocenters. The van der Waals surface area contributed by atoms with Gasteiger partial charge in [0.05, 0.1) is 29.7 Å². The van der Waals surface area contributed by atoms with Gasteiger partial charge < -0.3 is 14.8 Å². The molecule has 1 heterocycles. The number of anilines is 1. The fourth-order valence-electron chi connectivity index (χ4n) is 2.79. The molecule has 0 aliphatic heterocycles. The quantitative estimate of drug-likeness (QED) is 0.632. The first-order valence-electron chi connectivity index (χ1n) is 8.37. The first kappa shape index (κ1) is 19.7. The van der Waals surface area contributed by atoms with Gasteiger partial charge in [0.15, 0.2) is 6.23 Å². The molecule has 3 aromatic rings. The van der Waals surface area contributed by atoms with E-state index in [9.17, 15) is 13.2 Å². The first-order chi connectivity index (χ1) is 13.3. The maximum atomic E-state index is 13.0. The van der Waals surface area contributed by atoms with E-state index in [1.807, 2.05) is 18.2 Å². The largest absolute Gasteiger partial charge is 0.495 e. The van der Waals surface area contributed by atoms with Crippen molar-refractivity contribution in [3.05, 3.63) is 65.5 Å². The van der Waals surface area contributed by atoms with Crippen LogP contribution in [0.15, 0.2) is 48.5 Å². The lowest BCUT2D eigenvalue weighted by atomic mass is 10.2. The molecule has 0 bridgehead atoms. The summed E-state index contributed by atoms with van der Waals surface area (Å²) < 4.78 is 51.1. The summed E-state index contributed by atoms with van der Waals surface area (Å²) in [6, 6.07) is 12.2. The molecule has 0 spiro atoms. The van der Waals surface area contributed by atoms with E-state index in [2.05, 4.69) is 15.6 Å². The summed E-state index contributed by atoms with van der Waals surface area (Å²) >= 11 is 0. The fraction of sp³-hybridized carbons (Fsp3) is 0.263. The Bertz CT molecular complexity index is 956. The maximum absolute atomic E-state index is 13.0. The van der Waals surface area contributed by atoms with Crippen LogP contribution in [-0.4, -0.2) is 29.2 Å². The van der Waals surface area contributed by atoms with Crippen LogP contribution in [0.1, 0.15) is 23.2 Å². The van der Waals surface area contributed by atoms with E-state index in [-0.39, 0.29) is 5.69 Å². The Labute approximate surface area is 159 Å². The van der Waals surface area contributed by atoms with Gasteiger partial charge in [-0.3, -0.25) is 0 Å². The van der Waals surface area contributed by atoms with Gasteiger partial charge in [0, 0.05) is 7.11 Å². The van der Waals surface area contributed by atoms with Gasteiger partial charge in [0.1, 0.15) is 11.4 Å². The summed E-state index contributed by atoms with van der Waals surface area (Å²) in [5.74, 6) is 0.618. The third-order valence-corrected chi connectivity index (χ3v) is 4.23. The van der Waals surface area contributed by atoms with Crippen LogP contribution < -0.4 is 10.1 Å². The molecule has 0 aliphatic rings. The van der Waals surface area contributed by atoms with E-state index in [1.54, 1.807) is 20.1 Å². The molecule has 3 rings (SSSR count). The lowest BCUT2D eigenvalue weighted by Gasteiger charge is -2.19. The van der Waals surface area contributed by atoms with Crippen molar-refractivity contribution in [1.29, 1.82) is 0 Å². The highest BCUT2D eigenvalue weighted by atomic mass is 19.4. The Balaban J connectivity index is 1.93. The second kappa shape index (κ2) is 7.89. The Morgan fingerprint density at radius 1 is 1.07 bits per heavy atom. The topological polar surface area (TPSA) is 61.2 Å². The number of ether oxygens (including phenoxy) is 2. The van der Waals surface area contributed by atoms with Gasteiger partial charge in [-0.1, -0.05) is 23.4 Å². The number of methoxy groups -OCH3 is 2. The number of nitrogens with one attached hydrogen (secondary N) is 1. The van der Waals surface area contributed by atoms with Gasteiger partial charge in [-0.2, -0.15) is 13.2 Å². The number of halogens is 3. The van der Waals surface area contributed by atoms with E-state index in [0.717, 1.165) is 12.1 Å². The van der Waals surface area contributed by atoms with Gasteiger partial charge in [-0.05, 0) is 37.3 Å². The number of rotatable bonds is 6. The Morgan fingerprint density at radius 3 is 2.50 bits per heavy atom. The van der Waals surface area contributed by atoms with Crippen molar-refractivity contribution in [3.8, 4) is 11.4 Å². The molecular weight excluding hydrogens is 373 g/mol. The average molecular weight is 392 g/mol. The monoisotopic (exact) mass is 392 g/mol. The van der Waals surface area contributed by atoms with Crippen LogP contribution in [0.3, 0.4) is 0 Å². The molecule has 9 heteroatoms. The van der Waals surface area contributed by atoms with Crippen LogP contribution in [-0.2, 0) is 10.9 Å². The minimum absolute atomic E-state index is 0.262. The number of para-hydroxylation sites is 2. The summed E-state index contributed by atoms with van der Waals surface area (Å²) in [6.45, 7) is 1.71. The Hall–Kier alpha value is -3.07. The molecule has 2 aromatic carbocycles. The number of hydrogen-bond acceptors (Lipinski definition) is 5. The Kier molecular flexibility index (Phi) is 5.55. The molecule has 0 aliphatic carbocycles. The second-order valence-corrected chi connectivity index (χ2v) is 5.98. The molecule has 1 aromatic heterocycles. The zero-order valence-corrected chi connectivity index (χ0v) is 15.5. The lowest BCUT2D eigenvalue weighted by molar-refractivity contribution is -0.137. The van der Waals surface area contributed by atoms with Crippen molar-refractivity contribution in [1.82, 2.24) is 15.0 Å². The van der Waals surface area contributed by atoms with Gasteiger partial charge >= 0.3 is 6.18 Å². The van der Waals surface area contributed by atoms with Crippen LogP contribution in [0.4, 0.5) is 18.9 Å². The van der Waals surface area contributed by atoms with Crippen molar-refractivity contribution in [2.75, 3.05) is 19.5 Å². The normalized spacial score (nSPS) is 12.6.